The summed E-state index contributed by atoms with van der Waals surface area (Å²) in [5.41, 5.74) is 0. The molecule has 0 fully saturated rings. The highest BCUT2D eigenvalue weighted by Crippen LogP contribution is 2.10. The van der Waals surface area contributed by atoms with Crippen LogP contribution in [-0.2, 0) is 10.0 Å². The van der Waals surface area contributed by atoms with Crippen LogP contribution in [0.2, 0.25) is 0 Å². The van der Waals surface area contributed by atoms with Crippen LogP contribution in [0.1, 0.15) is 19.2 Å². The summed E-state index contributed by atoms with van der Waals surface area (Å²) in [5, 5.41) is 6.24. The summed E-state index contributed by atoms with van der Waals surface area (Å²) in [6.45, 7) is 5.54. The maximum atomic E-state index is 10.9. The van der Waals surface area contributed by atoms with Gasteiger partial charge in [0.05, 0.1) is 6.26 Å². The molecule has 1 aromatic heterocycles. The second kappa shape index (κ2) is 7.25. The number of rotatable bonds is 8. The molecule has 8 heteroatoms. The predicted octanol–water partition coefficient (Wildman–Crippen LogP) is 0.568. The van der Waals surface area contributed by atoms with Crippen LogP contribution < -0.4 is 15.4 Å². The Bertz CT molecular complexity index is 504. The van der Waals surface area contributed by atoms with E-state index in [2.05, 4.69) is 32.2 Å². The zero-order chi connectivity index (χ0) is 14.3. The summed E-state index contributed by atoms with van der Waals surface area (Å²) in [4.78, 5) is 8.50. The number of nitrogens with zero attached hydrogens (tertiary/aromatic N) is 2. The highest BCUT2D eigenvalue weighted by atomic mass is 32.2. The number of anilines is 2. The normalized spacial score (nSPS) is 11.3. The number of nitrogens with one attached hydrogen (secondary N) is 3. The molecule has 0 amide bonds. The summed E-state index contributed by atoms with van der Waals surface area (Å²) in [5.74, 6) is 2.12. The lowest BCUT2D eigenvalue weighted by atomic mass is 10.4. The van der Waals surface area contributed by atoms with Crippen molar-refractivity contribution in [1.82, 2.24) is 14.7 Å². The number of hydrogen-bond acceptors (Lipinski definition) is 6. The standard InChI is InChI=1S/C11H21N5O2S/c1-4-5-12-10-8-11(16-9(2)15-10)13-6-7-14-19(3,17)18/h8,14H,4-7H2,1-3H3,(H2,12,13,15,16). The molecule has 0 aliphatic rings. The molecule has 19 heavy (non-hydrogen) atoms. The second-order valence-electron chi connectivity index (χ2n) is 4.21. The smallest absolute Gasteiger partial charge is 0.208 e. The molecule has 0 atom stereocenters. The summed E-state index contributed by atoms with van der Waals surface area (Å²) < 4.78 is 24.2. The SMILES string of the molecule is CCCNc1cc(NCCNS(C)(=O)=O)nc(C)n1. The third-order valence-electron chi connectivity index (χ3n) is 2.19. The number of sulfonamides is 1. The molecule has 0 bridgehead atoms. The molecule has 0 aliphatic heterocycles. The van der Waals surface area contributed by atoms with Gasteiger partial charge in [-0.25, -0.2) is 23.1 Å². The molecule has 0 aromatic carbocycles. The molecule has 0 unspecified atom stereocenters. The lowest BCUT2D eigenvalue weighted by molar-refractivity contribution is 0.589. The molecule has 7 nitrogen and oxygen atoms in total. The fourth-order valence-corrected chi connectivity index (χ4v) is 1.90. The minimum Gasteiger partial charge on any atom is -0.370 e. The molecular weight excluding hydrogens is 266 g/mol. The molecule has 108 valence electrons. The van der Waals surface area contributed by atoms with Crippen molar-refractivity contribution in [2.75, 3.05) is 36.5 Å². The molecule has 0 spiro atoms. The van der Waals surface area contributed by atoms with Crippen LogP contribution in [0.5, 0.6) is 0 Å². The average molecular weight is 287 g/mol. The van der Waals surface area contributed by atoms with Crippen LogP contribution in [0.3, 0.4) is 0 Å². The molecule has 0 aliphatic carbocycles. The van der Waals surface area contributed by atoms with Crippen molar-refractivity contribution >= 4 is 21.7 Å². The largest absolute Gasteiger partial charge is 0.370 e. The van der Waals surface area contributed by atoms with Gasteiger partial charge in [0.15, 0.2) is 0 Å². The van der Waals surface area contributed by atoms with Gasteiger partial charge < -0.3 is 10.6 Å². The second-order valence-corrected chi connectivity index (χ2v) is 6.04. The first-order valence-electron chi connectivity index (χ1n) is 6.19. The van der Waals surface area contributed by atoms with Crippen LogP contribution in [0.25, 0.3) is 0 Å². The highest BCUT2D eigenvalue weighted by Gasteiger charge is 2.02. The Hall–Kier alpha value is -1.41. The van der Waals surface area contributed by atoms with E-state index in [1.807, 2.05) is 13.0 Å². The Morgan fingerprint density at radius 1 is 1.11 bits per heavy atom. The van der Waals surface area contributed by atoms with Crippen LogP contribution in [0.15, 0.2) is 6.07 Å². The molecule has 0 radical (unpaired) electrons. The molecule has 0 saturated heterocycles. The lowest BCUT2D eigenvalue weighted by Crippen LogP contribution is -2.27. The summed E-state index contributed by atoms with van der Waals surface area (Å²) >= 11 is 0. The van der Waals surface area contributed by atoms with Gasteiger partial charge in [-0.2, -0.15) is 0 Å². The molecule has 1 aromatic rings. The number of aromatic nitrogens is 2. The molecule has 3 N–H and O–H groups in total. The average Bonchev–Trinajstić information content (AvgIpc) is 2.30. The van der Waals surface area contributed by atoms with Crippen LogP contribution >= 0.6 is 0 Å². The van der Waals surface area contributed by atoms with Gasteiger partial charge in [0, 0.05) is 25.7 Å². The van der Waals surface area contributed by atoms with E-state index in [9.17, 15) is 8.42 Å². The monoisotopic (exact) mass is 287 g/mol. The Morgan fingerprint density at radius 3 is 2.21 bits per heavy atom. The quantitative estimate of drug-likeness (QED) is 0.605. The van der Waals surface area contributed by atoms with Crippen LogP contribution in [0.4, 0.5) is 11.6 Å². The first-order valence-corrected chi connectivity index (χ1v) is 8.08. The number of hydrogen-bond donors (Lipinski definition) is 3. The first kappa shape index (κ1) is 15.6. The highest BCUT2D eigenvalue weighted by molar-refractivity contribution is 7.88. The van der Waals surface area contributed by atoms with Crippen molar-refractivity contribution < 1.29 is 8.42 Å². The van der Waals surface area contributed by atoms with Crippen molar-refractivity contribution in [3.8, 4) is 0 Å². The lowest BCUT2D eigenvalue weighted by Gasteiger charge is -2.09. The fraction of sp³-hybridized carbons (Fsp3) is 0.636. The van der Waals surface area contributed by atoms with Gasteiger partial charge in [-0.15, -0.1) is 0 Å². The van der Waals surface area contributed by atoms with Crippen molar-refractivity contribution in [2.45, 2.75) is 20.3 Å². The van der Waals surface area contributed by atoms with E-state index in [1.54, 1.807) is 0 Å². The third-order valence-corrected chi connectivity index (χ3v) is 2.92. The third kappa shape index (κ3) is 6.92. The van der Waals surface area contributed by atoms with Crippen molar-refractivity contribution in [3.05, 3.63) is 11.9 Å². The Kier molecular flexibility index (Phi) is 5.97. The van der Waals surface area contributed by atoms with E-state index in [0.29, 0.717) is 24.7 Å². The van der Waals surface area contributed by atoms with Crippen LogP contribution in [0, 0.1) is 6.92 Å². The van der Waals surface area contributed by atoms with Gasteiger partial charge in [0.2, 0.25) is 10.0 Å². The van der Waals surface area contributed by atoms with E-state index in [1.165, 1.54) is 0 Å². The Balaban J connectivity index is 2.51. The molecule has 1 rings (SSSR count). The molecule has 1 heterocycles. The maximum absolute atomic E-state index is 10.9. The van der Waals surface area contributed by atoms with E-state index in [4.69, 9.17) is 0 Å². The Labute approximate surface area is 114 Å². The minimum absolute atomic E-state index is 0.319. The fourth-order valence-electron chi connectivity index (χ4n) is 1.43. The van der Waals surface area contributed by atoms with E-state index < -0.39 is 10.0 Å². The van der Waals surface area contributed by atoms with Crippen LogP contribution in [-0.4, -0.2) is 44.3 Å². The van der Waals surface area contributed by atoms with E-state index >= 15 is 0 Å². The molecule has 0 saturated carbocycles. The van der Waals surface area contributed by atoms with Gasteiger partial charge in [0.1, 0.15) is 17.5 Å². The van der Waals surface area contributed by atoms with Gasteiger partial charge in [-0.1, -0.05) is 6.92 Å². The summed E-state index contributed by atoms with van der Waals surface area (Å²) in [7, 11) is -3.14. The van der Waals surface area contributed by atoms with Gasteiger partial charge in [-0.05, 0) is 13.3 Å². The van der Waals surface area contributed by atoms with Gasteiger partial charge >= 0.3 is 0 Å². The zero-order valence-electron chi connectivity index (χ0n) is 11.5. The molecular formula is C11H21N5O2S. The predicted molar refractivity (Wildman–Crippen MR) is 76.9 cm³/mol. The minimum atomic E-state index is -3.14. The summed E-state index contributed by atoms with van der Waals surface area (Å²) in [6.07, 6.45) is 2.15. The zero-order valence-corrected chi connectivity index (χ0v) is 12.3. The summed E-state index contributed by atoms with van der Waals surface area (Å²) in [6, 6.07) is 1.81. The van der Waals surface area contributed by atoms with Crippen molar-refractivity contribution in [3.63, 3.8) is 0 Å². The first-order chi connectivity index (χ1) is 8.90. The van der Waals surface area contributed by atoms with Crippen molar-refractivity contribution in [2.24, 2.45) is 0 Å². The van der Waals surface area contributed by atoms with E-state index in [-0.39, 0.29) is 0 Å². The van der Waals surface area contributed by atoms with Crippen molar-refractivity contribution in [1.29, 1.82) is 0 Å². The van der Waals surface area contributed by atoms with Gasteiger partial charge in [0.25, 0.3) is 0 Å². The Morgan fingerprint density at radius 2 is 1.68 bits per heavy atom. The topological polar surface area (TPSA) is 96.0 Å². The maximum Gasteiger partial charge on any atom is 0.208 e. The van der Waals surface area contributed by atoms with E-state index in [0.717, 1.165) is 25.0 Å². The number of aryl methyl sites for hydroxylation is 1. The van der Waals surface area contributed by atoms with Gasteiger partial charge in [-0.3, -0.25) is 0 Å².